The number of anilines is 3. The Hall–Kier alpha value is -3.54. The van der Waals surface area contributed by atoms with Crippen LogP contribution in [0.1, 0.15) is 22.3 Å². The Kier molecular flexibility index (Phi) is 5.33. The number of fused-ring (bicyclic) bond motifs is 1. The van der Waals surface area contributed by atoms with Gasteiger partial charge in [-0.25, -0.2) is 4.98 Å². The maximum atomic E-state index is 13.0. The van der Waals surface area contributed by atoms with Gasteiger partial charge in [0.1, 0.15) is 17.3 Å². The molecule has 6 heteroatoms. The maximum absolute atomic E-state index is 13.0. The minimum Gasteiger partial charge on any atom is -0.497 e. The molecule has 1 aliphatic heterocycles. The van der Waals surface area contributed by atoms with Crippen LogP contribution in [0.25, 0.3) is 0 Å². The van der Waals surface area contributed by atoms with Gasteiger partial charge in [0, 0.05) is 24.5 Å². The van der Waals surface area contributed by atoms with Crippen molar-refractivity contribution in [1.82, 2.24) is 4.98 Å². The number of aryl methyl sites for hydroxylation is 1. The predicted octanol–water partition coefficient (Wildman–Crippen LogP) is 4.44. The number of amides is 1. The minimum absolute atomic E-state index is 0.0323. The van der Waals surface area contributed by atoms with Gasteiger partial charge in [-0.3, -0.25) is 4.79 Å². The van der Waals surface area contributed by atoms with Gasteiger partial charge in [-0.1, -0.05) is 18.2 Å². The molecule has 1 aromatic heterocycles. The van der Waals surface area contributed by atoms with Crippen LogP contribution in [0.2, 0.25) is 0 Å². The number of rotatable bonds is 5. The third-order valence-electron chi connectivity index (χ3n) is 5.04. The molecule has 0 spiro atoms. The number of hydrogen-bond acceptors (Lipinski definition) is 5. The Balaban J connectivity index is 1.54. The number of para-hydroxylation sites is 1. The van der Waals surface area contributed by atoms with Crippen LogP contribution in [0.3, 0.4) is 0 Å². The summed E-state index contributed by atoms with van der Waals surface area (Å²) in [5, 5.41) is 3.22. The van der Waals surface area contributed by atoms with Crippen molar-refractivity contribution >= 4 is 23.1 Å². The fraction of sp³-hybridized carbons (Fsp3) is 0.217. The molecule has 4 rings (SSSR count). The van der Waals surface area contributed by atoms with Crippen molar-refractivity contribution in [2.45, 2.75) is 12.8 Å². The minimum atomic E-state index is -0.0323. The predicted molar refractivity (Wildman–Crippen MR) is 114 cm³/mol. The molecule has 2 heterocycles. The molecule has 0 saturated carbocycles. The lowest BCUT2D eigenvalue weighted by atomic mass is 10.0. The summed E-state index contributed by atoms with van der Waals surface area (Å²) in [5.41, 5.74) is 3.50. The maximum Gasteiger partial charge on any atom is 0.259 e. The van der Waals surface area contributed by atoms with Crippen molar-refractivity contribution in [3.63, 3.8) is 0 Å². The molecular formula is C23H23N3O3. The van der Waals surface area contributed by atoms with E-state index in [-0.39, 0.29) is 5.91 Å². The summed E-state index contributed by atoms with van der Waals surface area (Å²) in [6.45, 7) is 0.719. The van der Waals surface area contributed by atoms with E-state index in [4.69, 9.17) is 9.47 Å². The molecule has 0 atom stereocenters. The number of aromatic nitrogens is 1. The van der Waals surface area contributed by atoms with E-state index in [2.05, 4.69) is 16.4 Å². The van der Waals surface area contributed by atoms with Gasteiger partial charge in [0.25, 0.3) is 5.91 Å². The zero-order valence-corrected chi connectivity index (χ0v) is 16.5. The highest BCUT2D eigenvalue weighted by Gasteiger charge is 2.23. The number of benzene rings is 2. The Morgan fingerprint density at radius 2 is 1.93 bits per heavy atom. The van der Waals surface area contributed by atoms with E-state index in [9.17, 15) is 4.79 Å². The first-order valence-corrected chi connectivity index (χ1v) is 9.54. The number of carbonyl (C=O) groups excluding carboxylic acids is 1. The topological polar surface area (TPSA) is 63.7 Å². The normalized spacial score (nSPS) is 12.8. The lowest BCUT2D eigenvalue weighted by Crippen LogP contribution is -2.35. The van der Waals surface area contributed by atoms with E-state index in [0.717, 1.165) is 30.8 Å². The Labute approximate surface area is 170 Å². The SMILES string of the molecule is COc1ccc(OC)c(Nc2ccc(C(=O)N3CCCc4ccccc43)cn2)c1. The van der Waals surface area contributed by atoms with Crippen LogP contribution in [0.5, 0.6) is 11.5 Å². The first-order chi connectivity index (χ1) is 14.2. The first kappa shape index (κ1) is 18.8. The number of hydrogen-bond donors (Lipinski definition) is 1. The highest BCUT2D eigenvalue weighted by molar-refractivity contribution is 6.06. The highest BCUT2D eigenvalue weighted by atomic mass is 16.5. The van der Waals surface area contributed by atoms with Gasteiger partial charge in [0.05, 0.1) is 25.5 Å². The summed E-state index contributed by atoms with van der Waals surface area (Å²) in [7, 11) is 3.22. The van der Waals surface area contributed by atoms with Gasteiger partial charge < -0.3 is 19.7 Å². The number of pyridine rings is 1. The molecule has 6 nitrogen and oxygen atoms in total. The van der Waals surface area contributed by atoms with Gasteiger partial charge in [-0.15, -0.1) is 0 Å². The molecule has 3 aromatic rings. The molecule has 1 N–H and O–H groups in total. The smallest absolute Gasteiger partial charge is 0.259 e. The van der Waals surface area contributed by atoms with Crippen LogP contribution in [0, 0.1) is 0 Å². The van der Waals surface area contributed by atoms with Gasteiger partial charge >= 0.3 is 0 Å². The molecule has 29 heavy (non-hydrogen) atoms. The van der Waals surface area contributed by atoms with Crippen LogP contribution < -0.4 is 19.7 Å². The monoisotopic (exact) mass is 389 g/mol. The molecule has 0 saturated heterocycles. The molecule has 0 aliphatic carbocycles. The first-order valence-electron chi connectivity index (χ1n) is 9.54. The fourth-order valence-electron chi connectivity index (χ4n) is 3.54. The molecule has 148 valence electrons. The molecule has 0 bridgehead atoms. The van der Waals surface area contributed by atoms with E-state index in [1.54, 1.807) is 32.5 Å². The van der Waals surface area contributed by atoms with E-state index < -0.39 is 0 Å². The van der Waals surface area contributed by atoms with Crippen molar-refractivity contribution in [3.8, 4) is 11.5 Å². The lowest BCUT2D eigenvalue weighted by Gasteiger charge is -2.29. The van der Waals surface area contributed by atoms with Crippen molar-refractivity contribution in [2.75, 3.05) is 31.0 Å². The van der Waals surface area contributed by atoms with E-state index in [1.165, 1.54) is 5.56 Å². The Bertz CT molecular complexity index is 1020. The van der Waals surface area contributed by atoms with Gasteiger partial charge in [0.15, 0.2) is 0 Å². The van der Waals surface area contributed by atoms with Gasteiger partial charge in [-0.2, -0.15) is 0 Å². The third-order valence-corrected chi connectivity index (χ3v) is 5.04. The van der Waals surface area contributed by atoms with Crippen LogP contribution in [-0.2, 0) is 6.42 Å². The third kappa shape index (κ3) is 3.87. The van der Waals surface area contributed by atoms with Crippen LogP contribution in [0.15, 0.2) is 60.8 Å². The van der Waals surface area contributed by atoms with Gasteiger partial charge in [-0.05, 0) is 48.7 Å². The second-order valence-corrected chi connectivity index (χ2v) is 6.81. The van der Waals surface area contributed by atoms with Crippen LogP contribution in [-0.4, -0.2) is 31.7 Å². The molecule has 0 unspecified atom stereocenters. The second kappa shape index (κ2) is 8.22. The number of carbonyl (C=O) groups is 1. The molecule has 1 aliphatic rings. The molecule has 0 fully saturated rings. The number of nitrogens with zero attached hydrogens (tertiary/aromatic N) is 2. The summed E-state index contributed by atoms with van der Waals surface area (Å²) in [6, 6.07) is 17.2. The molecule has 2 aromatic carbocycles. The molecular weight excluding hydrogens is 366 g/mol. The highest BCUT2D eigenvalue weighted by Crippen LogP contribution is 2.31. The summed E-state index contributed by atoms with van der Waals surface area (Å²) in [5.74, 6) is 1.98. The van der Waals surface area contributed by atoms with E-state index in [0.29, 0.717) is 22.9 Å². The second-order valence-electron chi connectivity index (χ2n) is 6.81. The van der Waals surface area contributed by atoms with Crippen LogP contribution in [0.4, 0.5) is 17.2 Å². The lowest BCUT2D eigenvalue weighted by molar-refractivity contribution is 0.0985. The van der Waals surface area contributed by atoms with E-state index in [1.807, 2.05) is 41.3 Å². The summed E-state index contributed by atoms with van der Waals surface area (Å²) in [4.78, 5) is 19.3. The van der Waals surface area contributed by atoms with Crippen molar-refractivity contribution in [1.29, 1.82) is 0 Å². The average molecular weight is 389 g/mol. The number of ether oxygens (including phenoxy) is 2. The van der Waals surface area contributed by atoms with Crippen molar-refractivity contribution in [2.24, 2.45) is 0 Å². The zero-order chi connectivity index (χ0) is 20.2. The van der Waals surface area contributed by atoms with Crippen LogP contribution >= 0.6 is 0 Å². The molecule has 0 radical (unpaired) electrons. The summed E-state index contributed by atoms with van der Waals surface area (Å²) in [6.07, 6.45) is 3.57. The van der Waals surface area contributed by atoms with Gasteiger partial charge in [0.2, 0.25) is 0 Å². The van der Waals surface area contributed by atoms with Crippen molar-refractivity contribution < 1.29 is 14.3 Å². The largest absolute Gasteiger partial charge is 0.497 e. The zero-order valence-electron chi connectivity index (χ0n) is 16.5. The fourth-order valence-corrected chi connectivity index (χ4v) is 3.54. The molecule has 1 amide bonds. The number of nitrogens with one attached hydrogen (secondary N) is 1. The van der Waals surface area contributed by atoms with Crippen molar-refractivity contribution in [3.05, 3.63) is 71.9 Å². The summed E-state index contributed by atoms with van der Waals surface area (Å²) >= 11 is 0. The Morgan fingerprint density at radius 1 is 1.07 bits per heavy atom. The quantitative estimate of drug-likeness (QED) is 0.699. The summed E-state index contributed by atoms with van der Waals surface area (Å²) < 4.78 is 10.7. The Morgan fingerprint density at radius 3 is 2.69 bits per heavy atom. The average Bonchev–Trinajstić information content (AvgIpc) is 2.78. The van der Waals surface area contributed by atoms with E-state index >= 15 is 0 Å². The number of methoxy groups -OCH3 is 2. The standard InChI is InChI=1S/C23H23N3O3/c1-28-18-10-11-21(29-2)19(14-18)25-22-12-9-17(15-24-22)23(27)26-13-5-7-16-6-3-4-8-20(16)26/h3-4,6,8-12,14-15H,5,7,13H2,1-2H3,(H,24,25).